The fraction of sp³-hybridized carbons (Fsp3) is 0.0909. The van der Waals surface area contributed by atoms with E-state index in [-0.39, 0.29) is 11.6 Å². The van der Waals surface area contributed by atoms with Crippen LogP contribution >= 0.6 is 0 Å². The van der Waals surface area contributed by atoms with E-state index in [9.17, 15) is 14.9 Å². The van der Waals surface area contributed by atoms with Crippen LogP contribution in [0.3, 0.4) is 0 Å². The number of imidazole rings is 1. The number of benzene rings is 1. The van der Waals surface area contributed by atoms with Crippen LogP contribution in [0.2, 0.25) is 0 Å². The topological polar surface area (TPSA) is 101 Å². The second kappa shape index (κ2) is 4.66. The average Bonchev–Trinajstić information content (AvgIpc) is 2.81. The van der Waals surface area contributed by atoms with E-state index in [4.69, 9.17) is 0 Å². The second-order valence-corrected chi connectivity index (χ2v) is 3.65. The molecule has 1 heterocycles. The fourth-order valence-electron chi connectivity index (χ4n) is 1.51. The fourth-order valence-corrected chi connectivity index (χ4v) is 1.51. The van der Waals surface area contributed by atoms with Gasteiger partial charge in [0.25, 0.3) is 11.6 Å². The highest BCUT2D eigenvalue weighted by atomic mass is 16.6. The number of nitro groups is 1. The number of anilines is 1. The Balaban J connectivity index is 2.21. The number of hydrogen-bond acceptors (Lipinski definition) is 4. The molecule has 2 rings (SSSR count). The minimum absolute atomic E-state index is 0.00968. The number of carbonyl (C=O) groups is 1. The Morgan fingerprint density at radius 2 is 2.28 bits per heavy atom. The zero-order chi connectivity index (χ0) is 13.1. The summed E-state index contributed by atoms with van der Waals surface area (Å²) < 4.78 is 0. The maximum Gasteiger partial charge on any atom is 0.272 e. The summed E-state index contributed by atoms with van der Waals surface area (Å²) in [4.78, 5) is 28.6. The van der Waals surface area contributed by atoms with Gasteiger partial charge in [-0.3, -0.25) is 20.2 Å². The van der Waals surface area contributed by atoms with E-state index in [1.165, 1.54) is 24.4 Å². The van der Waals surface area contributed by atoms with Gasteiger partial charge in [0.2, 0.25) is 5.95 Å². The van der Waals surface area contributed by atoms with Gasteiger partial charge in [-0.05, 0) is 19.1 Å². The van der Waals surface area contributed by atoms with Crippen LogP contribution in [0.15, 0.2) is 30.6 Å². The number of nitrogens with one attached hydrogen (secondary N) is 2. The molecule has 0 fully saturated rings. The molecule has 0 spiro atoms. The zero-order valence-corrected chi connectivity index (χ0v) is 9.51. The summed E-state index contributed by atoms with van der Waals surface area (Å²) >= 11 is 0. The van der Waals surface area contributed by atoms with Gasteiger partial charge in [0, 0.05) is 29.6 Å². The molecule has 92 valence electrons. The lowest BCUT2D eigenvalue weighted by molar-refractivity contribution is -0.385. The Hall–Kier alpha value is -2.70. The third kappa shape index (κ3) is 2.34. The number of aryl methyl sites for hydroxylation is 1. The number of nitrogens with zero attached hydrogens (tertiary/aromatic N) is 2. The van der Waals surface area contributed by atoms with Crippen LogP contribution in [0, 0.1) is 17.0 Å². The third-order valence-corrected chi connectivity index (χ3v) is 2.39. The first-order valence-electron chi connectivity index (χ1n) is 5.13. The molecular formula is C11H10N4O3. The number of H-pyrrole nitrogens is 1. The van der Waals surface area contributed by atoms with Gasteiger partial charge < -0.3 is 4.98 Å². The number of amides is 1. The van der Waals surface area contributed by atoms with Gasteiger partial charge in [0.05, 0.1) is 4.92 Å². The number of carbonyl (C=O) groups excluding carboxylic acids is 1. The van der Waals surface area contributed by atoms with Crippen LogP contribution < -0.4 is 5.32 Å². The normalized spacial score (nSPS) is 10.1. The average molecular weight is 246 g/mol. The van der Waals surface area contributed by atoms with Crippen molar-refractivity contribution in [1.29, 1.82) is 0 Å². The van der Waals surface area contributed by atoms with Crippen molar-refractivity contribution in [1.82, 2.24) is 9.97 Å². The summed E-state index contributed by atoms with van der Waals surface area (Å²) in [6.45, 7) is 1.59. The molecule has 0 saturated heterocycles. The molecule has 18 heavy (non-hydrogen) atoms. The molecule has 0 unspecified atom stereocenters. The predicted octanol–water partition coefficient (Wildman–Crippen LogP) is 1.88. The van der Waals surface area contributed by atoms with Gasteiger partial charge in [-0.15, -0.1) is 0 Å². The Bertz CT molecular complexity index is 592. The van der Waals surface area contributed by atoms with Gasteiger partial charge in [-0.25, -0.2) is 4.98 Å². The van der Waals surface area contributed by atoms with Crippen molar-refractivity contribution >= 4 is 17.5 Å². The van der Waals surface area contributed by atoms with Crippen molar-refractivity contribution < 1.29 is 9.72 Å². The molecule has 0 bridgehead atoms. The minimum atomic E-state index is -0.483. The van der Waals surface area contributed by atoms with Gasteiger partial charge in [0.1, 0.15) is 0 Å². The third-order valence-electron chi connectivity index (χ3n) is 2.39. The maximum absolute atomic E-state index is 11.8. The number of aromatic amines is 1. The Morgan fingerprint density at radius 3 is 2.83 bits per heavy atom. The van der Waals surface area contributed by atoms with Crippen LogP contribution in [-0.2, 0) is 0 Å². The zero-order valence-electron chi connectivity index (χ0n) is 9.51. The molecule has 7 nitrogen and oxygen atoms in total. The number of nitro benzene ring substituents is 1. The van der Waals surface area contributed by atoms with E-state index in [2.05, 4.69) is 15.3 Å². The van der Waals surface area contributed by atoms with Gasteiger partial charge in [-0.1, -0.05) is 0 Å². The number of aromatic nitrogens is 2. The molecule has 1 aromatic heterocycles. The first kappa shape index (κ1) is 11.8. The molecule has 2 N–H and O–H groups in total. The largest absolute Gasteiger partial charge is 0.331 e. The number of rotatable bonds is 3. The van der Waals surface area contributed by atoms with Gasteiger partial charge >= 0.3 is 0 Å². The quantitative estimate of drug-likeness (QED) is 0.637. The van der Waals surface area contributed by atoms with E-state index >= 15 is 0 Å². The molecule has 1 amide bonds. The molecule has 0 aliphatic carbocycles. The van der Waals surface area contributed by atoms with Gasteiger partial charge in [0.15, 0.2) is 0 Å². The van der Waals surface area contributed by atoms with Crippen LogP contribution in [0.5, 0.6) is 0 Å². The van der Waals surface area contributed by atoms with Crippen LogP contribution in [-0.4, -0.2) is 20.8 Å². The summed E-state index contributed by atoms with van der Waals surface area (Å²) in [6, 6.07) is 4.19. The van der Waals surface area contributed by atoms with Crippen molar-refractivity contribution in [3.05, 3.63) is 51.8 Å². The van der Waals surface area contributed by atoms with Gasteiger partial charge in [-0.2, -0.15) is 0 Å². The monoisotopic (exact) mass is 246 g/mol. The first-order chi connectivity index (χ1) is 8.58. The van der Waals surface area contributed by atoms with Crippen LogP contribution in [0.25, 0.3) is 0 Å². The highest BCUT2D eigenvalue weighted by Crippen LogP contribution is 2.19. The van der Waals surface area contributed by atoms with E-state index < -0.39 is 4.92 Å². The van der Waals surface area contributed by atoms with Crippen molar-refractivity contribution in [3.63, 3.8) is 0 Å². The second-order valence-electron chi connectivity index (χ2n) is 3.65. The van der Waals surface area contributed by atoms with Crippen LogP contribution in [0.1, 0.15) is 15.9 Å². The van der Waals surface area contributed by atoms with E-state index in [1.807, 2.05) is 0 Å². The minimum Gasteiger partial charge on any atom is -0.331 e. The molecular weight excluding hydrogens is 236 g/mol. The molecule has 1 aromatic carbocycles. The highest BCUT2D eigenvalue weighted by molar-refractivity contribution is 6.03. The van der Waals surface area contributed by atoms with Crippen molar-refractivity contribution in [3.8, 4) is 0 Å². The Labute approximate surface area is 102 Å². The Kier molecular flexibility index (Phi) is 3.05. The lowest BCUT2D eigenvalue weighted by atomic mass is 10.1. The summed E-state index contributed by atoms with van der Waals surface area (Å²) in [7, 11) is 0. The summed E-state index contributed by atoms with van der Waals surface area (Å²) in [5, 5.41) is 13.2. The highest BCUT2D eigenvalue weighted by Gasteiger charge is 2.14. The predicted molar refractivity (Wildman–Crippen MR) is 64.4 cm³/mol. The smallest absolute Gasteiger partial charge is 0.272 e. The summed E-state index contributed by atoms with van der Waals surface area (Å²) in [5.74, 6) is -0.0426. The first-order valence-corrected chi connectivity index (χ1v) is 5.13. The molecule has 7 heteroatoms. The standard InChI is InChI=1S/C11H10N4O3/c1-7-6-8(2-3-9(7)15(17)18)10(16)14-11-12-4-5-13-11/h2-6H,1H3,(H2,12,13,14,16). The maximum atomic E-state index is 11.8. The Morgan fingerprint density at radius 1 is 1.50 bits per heavy atom. The lowest BCUT2D eigenvalue weighted by Gasteiger charge is -2.03. The molecule has 2 aromatic rings. The van der Waals surface area contributed by atoms with Crippen LogP contribution in [0.4, 0.5) is 11.6 Å². The molecule has 0 saturated carbocycles. The van der Waals surface area contributed by atoms with E-state index in [0.717, 1.165) is 0 Å². The SMILES string of the molecule is Cc1cc(C(=O)Nc2ncc[nH]2)ccc1[N+](=O)[O-]. The summed E-state index contributed by atoms with van der Waals surface area (Å²) in [6.07, 6.45) is 3.09. The molecule has 0 radical (unpaired) electrons. The molecule has 0 aliphatic rings. The summed E-state index contributed by atoms with van der Waals surface area (Å²) in [5.41, 5.74) is 0.770. The lowest BCUT2D eigenvalue weighted by Crippen LogP contribution is -2.13. The van der Waals surface area contributed by atoms with E-state index in [0.29, 0.717) is 17.1 Å². The van der Waals surface area contributed by atoms with Crippen molar-refractivity contribution in [2.45, 2.75) is 6.92 Å². The van der Waals surface area contributed by atoms with E-state index in [1.54, 1.807) is 13.1 Å². The number of hydrogen-bond donors (Lipinski definition) is 2. The molecule has 0 aliphatic heterocycles. The molecule has 0 atom stereocenters. The van der Waals surface area contributed by atoms with Crippen molar-refractivity contribution in [2.75, 3.05) is 5.32 Å². The van der Waals surface area contributed by atoms with Crippen molar-refractivity contribution in [2.24, 2.45) is 0 Å².